The van der Waals surface area contributed by atoms with Crippen molar-refractivity contribution in [2.45, 2.75) is 25.7 Å². The van der Waals surface area contributed by atoms with Gasteiger partial charge in [-0.3, -0.25) is 0 Å². The molecule has 4 heteroatoms. The minimum atomic E-state index is 0.374. The van der Waals surface area contributed by atoms with Crippen LogP contribution in [0.15, 0.2) is 4.99 Å². The van der Waals surface area contributed by atoms with Crippen molar-refractivity contribution in [3.63, 3.8) is 0 Å². The molecule has 1 saturated heterocycles. The molecule has 1 rings (SSSR count). The fraction of sp³-hybridized carbons (Fsp3) is 0.750. The summed E-state index contributed by atoms with van der Waals surface area (Å²) in [5.41, 5.74) is 5.58. The second-order valence-corrected chi connectivity index (χ2v) is 2.97. The van der Waals surface area contributed by atoms with Crippen molar-refractivity contribution < 1.29 is 0 Å². The molecule has 1 aliphatic rings. The van der Waals surface area contributed by atoms with E-state index in [1.165, 1.54) is 12.8 Å². The summed E-state index contributed by atoms with van der Waals surface area (Å²) in [5.74, 6) is 0.374. The number of likely N-dealkylation sites (tertiary alicyclic amines) is 1. The summed E-state index contributed by atoms with van der Waals surface area (Å²) in [6.45, 7) is 1.88. The monoisotopic (exact) mass is 166 g/mol. The van der Waals surface area contributed by atoms with Crippen LogP contribution in [0.25, 0.3) is 0 Å². The molecule has 0 aromatic heterocycles. The first-order valence-electron chi connectivity index (χ1n) is 4.32. The van der Waals surface area contributed by atoms with Crippen LogP contribution in [0, 0.1) is 11.5 Å². The Morgan fingerprint density at radius 3 is 2.33 bits per heavy atom. The highest BCUT2D eigenvalue weighted by Gasteiger charge is 2.10. The van der Waals surface area contributed by atoms with Crippen molar-refractivity contribution in [1.82, 2.24) is 4.90 Å². The molecular formula is C8H14N4. The number of rotatable bonds is 0. The highest BCUT2D eigenvalue weighted by atomic mass is 15.2. The van der Waals surface area contributed by atoms with Gasteiger partial charge in [-0.2, -0.15) is 5.26 Å². The van der Waals surface area contributed by atoms with Gasteiger partial charge < -0.3 is 10.6 Å². The first-order valence-corrected chi connectivity index (χ1v) is 4.32. The quantitative estimate of drug-likeness (QED) is 0.326. The lowest BCUT2D eigenvalue weighted by Crippen LogP contribution is -2.37. The smallest absolute Gasteiger partial charge is 0.209 e. The molecule has 4 nitrogen and oxygen atoms in total. The van der Waals surface area contributed by atoms with Crippen molar-refractivity contribution in [3.05, 3.63) is 0 Å². The largest absolute Gasteiger partial charge is 0.369 e. The highest BCUT2D eigenvalue weighted by molar-refractivity contribution is 5.78. The Labute approximate surface area is 72.7 Å². The SMILES string of the molecule is N#CN=C(N)N1CCCCCC1. The summed E-state index contributed by atoms with van der Waals surface area (Å²) in [4.78, 5) is 5.50. The van der Waals surface area contributed by atoms with Crippen LogP contribution in [-0.2, 0) is 0 Å². The Morgan fingerprint density at radius 2 is 1.83 bits per heavy atom. The Morgan fingerprint density at radius 1 is 1.25 bits per heavy atom. The summed E-state index contributed by atoms with van der Waals surface area (Å²) >= 11 is 0. The van der Waals surface area contributed by atoms with Gasteiger partial charge in [0.2, 0.25) is 12.2 Å². The molecular weight excluding hydrogens is 152 g/mol. The van der Waals surface area contributed by atoms with Crippen LogP contribution >= 0.6 is 0 Å². The van der Waals surface area contributed by atoms with E-state index in [1.807, 2.05) is 4.90 Å². The van der Waals surface area contributed by atoms with E-state index in [4.69, 9.17) is 11.0 Å². The first kappa shape index (κ1) is 8.85. The second kappa shape index (κ2) is 4.60. The summed E-state index contributed by atoms with van der Waals surface area (Å²) in [6, 6.07) is 0. The molecule has 1 aliphatic heterocycles. The molecule has 0 saturated carbocycles. The van der Waals surface area contributed by atoms with E-state index in [0.717, 1.165) is 25.9 Å². The molecule has 1 fully saturated rings. The standard InChI is InChI=1S/C8H14N4/c9-7-11-8(10)12-5-3-1-2-4-6-12/h1-6H2,(H2,10,11). The van der Waals surface area contributed by atoms with Crippen molar-refractivity contribution >= 4 is 5.96 Å². The van der Waals surface area contributed by atoms with E-state index in [-0.39, 0.29) is 0 Å². The van der Waals surface area contributed by atoms with Crippen LogP contribution in [-0.4, -0.2) is 23.9 Å². The third-order valence-electron chi connectivity index (χ3n) is 2.09. The van der Waals surface area contributed by atoms with E-state index < -0.39 is 0 Å². The van der Waals surface area contributed by atoms with Crippen LogP contribution in [0.3, 0.4) is 0 Å². The highest BCUT2D eigenvalue weighted by Crippen LogP contribution is 2.08. The molecule has 0 amide bonds. The Hall–Kier alpha value is -1.24. The summed E-state index contributed by atoms with van der Waals surface area (Å²) in [5, 5.41) is 8.29. The molecule has 0 aliphatic carbocycles. The number of hydrogen-bond acceptors (Lipinski definition) is 2. The third-order valence-corrected chi connectivity index (χ3v) is 2.09. The first-order chi connectivity index (χ1) is 5.84. The molecule has 0 aromatic carbocycles. The fourth-order valence-corrected chi connectivity index (χ4v) is 1.42. The predicted molar refractivity (Wildman–Crippen MR) is 47.3 cm³/mol. The van der Waals surface area contributed by atoms with Crippen molar-refractivity contribution in [2.24, 2.45) is 10.7 Å². The van der Waals surface area contributed by atoms with Gasteiger partial charge in [-0.25, -0.2) is 0 Å². The minimum Gasteiger partial charge on any atom is -0.369 e. The summed E-state index contributed by atoms with van der Waals surface area (Å²) < 4.78 is 0. The second-order valence-electron chi connectivity index (χ2n) is 2.97. The fourth-order valence-electron chi connectivity index (χ4n) is 1.42. The van der Waals surface area contributed by atoms with Gasteiger partial charge in [0.15, 0.2) is 0 Å². The normalized spacial score (nSPS) is 19.9. The Balaban J connectivity index is 2.49. The lowest BCUT2D eigenvalue weighted by Gasteiger charge is -2.19. The lowest BCUT2D eigenvalue weighted by molar-refractivity contribution is 0.430. The lowest BCUT2D eigenvalue weighted by atomic mass is 10.2. The molecule has 0 spiro atoms. The molecule has 0 bridgehead atoms. The predicted octanol–water partition coefficient (Wildman–Crippen LogP) is 0.658. The van der Waals surface area contributed by atoms with E-state index in [0.29, 0.717) is 5.96 Å². The van der Waals surface area contributed by atoms with Crippen LogP contribution in [0.2, 0.25) is 0 Å². The van der Waals surface area contributed by atoms with Crippen molar-refractivity contribution in [1.29, 1.82) is 5.26 Å². The topological polar surface area (TPSA) is 65.4 Å². The molecule has 2 N–H and O–H groups in total. The molecule has 0 radical (unpaired) electrons. The molecule has 0 unspecified atom stereocenters. The van der Waals surface area contributed by atoms with E-state index in [1.54, 1.807) is 6.19 Å². The third kappa shape index (κ3) is 2.42. The van der Waals surface area contributed by atoms with Gasteiger partial charge in [0, 0.05) is 13.1 Å². The number of nitrogens with zero attached hydrogens (tertiary/aromatic N) is 3. The molecule has 66 valence electrons. The number of aliphatic imine (C=N–C) groups is 1. The maximum absolute atomic E-state index is 8.29. The van der Waals surface area contributed by atoms with Gasteiger partial charge in [-0.1, -0.05) is 12.8 Å². The van der Waals surface area contributed by atoms with E-state index >= 15 is 0 Å². The van der Waals surface area contributed by atoms with E-state index in [9.17, 15) is 0 Å². The summed E-state index contributed by atoms with van der Waals surface area (Å²) in [7, 11) is 0. The van der Waals surface area contributed by atoms with Crippen molar-refractivity contribution in [3.8, 4) is 6.19 Å². The zero-order valence-electron chi connectivity index (χ0n) is 7.16. The van der Waals surface area contributed by atoms with Gasteiger partial charge in [0.05, 0.1) is 0 Å². The van der Waals surface area contributed by atoms with Crippen LogP contribution < -0.4 is 5.73 Å². The molecule has 12 heavy (non-hydrogen) atoms. The van der Waals surface area contributed by atoms with Crippen molar-refractivity contribution in [2.75, 3.05) is 13.1 Å². The molecule has 0 aromatic rings. The average Bonchev–Trinajstić information content (AvgIpc) is 2.32. The molecule has 0 atom stereocenters. The Bertz CT molecular complexity index is 196. The van der Waals surface area contributed by atoms with Gasteiger partial charge >= 0.3 is 0 Å². The van der Waals surface area contributed by atoms with E-state index in [2.05, 4.69) is 4.99 Å². The Kier molecular flexibility index (Phi) is 3.39. The number of nitriles is 1. The minimum absolute atomic E-state index is 0.374. The maximum Gasteiger partial charge on any atom is 0.209 e. The number of guanidine groups is 1. The zero-order valence-corrected chi connectivity index (χ0v) is 7.16. The van der Waals surface area contributed by atoms with Gasteiger partial charge in [0.25, 0.3) is 0 Å². The average molecular weight is 166 g/mol. The van der Waals surface area contributed by atoms with Crippen LogP contribution in [0.1, 0.15) is 25.7 Å². The zero-order chi connectivity index (χ0) is 8.81. The summed E-state index contributed by atoms with van der Waals surface area (Å²) in [6.07, 6.45) is 6.54. The maximum atomic E-state index is 8.29. The number of hydrogen-bond donors (Lipinski definition) is 1. The van der Waals surface area contributed by atoms with Gasteiger partial charge in [-0.15, -0.1) is 4.99 Å². The van der Waals surface area contributed by atoms with Gasteiger partial charge in [-0.05, 0) is 12.8 Å². The number of nitrogens with two attached hydrogens (primary N) is 1. The van der Waals surface area contributed by atoms with Gasteiger partial charge in [0.1, 0.15) is 0 Å². The molecule has 1 heterocycles. The van der Waals surface area contributed by atoms with Crippen LogP contribution in [0.4, 0.5) is 0 Å². The van der Waals surface area contributed by atoms with Crippen LogP contribution in [0.5, 0.6) is 0 Å².